The Hall–Kier alpha value is -2.12. The average molecular weight is 797 g/mol. The van der Waals surface area contributed by atoms with Crippen molar-refractivity contribution in [1.82, 2.24) is 0 Å². The number of carbonyl (C=O) groups is 4. The van der Waals surface area contributed by atoms with Crippen molar-refractivity contribution < 1.29 is 38.7 Å². The van der Waals surface area contributed by atoms with Crippen molar-refractivity contribution in [3.63, 3.8) is 0 Å². The smallest absolute Gasteiger partial charge is 0.247 e. The Labute approximate surface area is 346 Å². The maximum absolute atomic E-state index is 11.6. The Morgan fingerprint density at radius 3 is 0.482 bits per heavy atom. The van der Waals surface area contributed by atoms with E-state index in [-0.39, 0.29) is 0 Å². The highest BCUT2D eigenvalue weighted by Crippen LogP contribution is 2.14. The average Bonchev–Trinajstić information content (AvgIpc) is 3.20. The summed E-state index contributed by atoms with van der Waals surface area (Å²) >= 11 is 0. The predicted molar refractivity (Wildman–Crippen MR) is 232 cm³/mol. The van der Waals surface area contributed by atoms with Crippen LogP contribution in [0.15, 0.2) is 0 Å². The molecule has 0 amide bonds. The second-order valence-corrected chi connectivity index (χ2v) is 16.1. The molecule has 8 heteroatoms. The summed E-state index contributed by atoms with van der Waals surface area (Å²) in [4.78, 5) is 64.8. The minimum Gasteiger partial charge on any atom is -0.247 e. The lowest BCUT2D eigenvalue weighted by Crippen LogP contribution is -2.11. The van der Waals surface area contributed by atoms with Crippen LogP contribution in [0.2, 0.25) is 0 Å². The molecule has 0 saturated carbocycles. The first-order valence-corrected chi connectivity index (χ1v) is 24.2. The molecule has 0 atom stereocenters. The number of hydrogen-bond acceptors (Lipinski definition) is 8. The van der Waals surface area contributed by atoms with Gasteiger partial charge in [-0.15, -0.1) is 0 Å². The zero-order valence-electron chi connectivity index (χ0n) is 37.6. The third kappa shape index (κ3) is 49.9. The van der Waals surface area contributed by atoms with E-state index >= 15 is 0 Å². The minimum absolute atomic E-state index is 0.334. The van der Waals surface area contributed by atoms with E-state index in [2.05, 4.69) is 47.2 Å². The summed E-state index contributed by atoms with van der Waals surface area (Å²) in [5.74, 6) is -1.71. The fourth-order valence-electron chi connectivity index (χ4n) is 6.67. The summed E-state index contributed by atoms with van der Waals surface area (Å²) in [5.41, 5.74) is 0. The largest absolute Gasteiger partial charge is 0.355 e. The van der Waals surface area contributed by atoms with Gasteiger partial charge in [0.2, 0.25) is 0 Å². The highest BCUT2D eigenvalue weighted by molar-refractivity contribution is 5.73. The van der Waals surface area contributed by atoms with Crippen molar-refractivity contribution in [1.29, 1.82) is 0 Å². The van der Waals surface area contributed by atoms with E-state index in [9.17, 15) is 19.2 Å². The van der Waals surface area contributed by atoms with Crippen LogP contribution in [0.1, 0.15) is 285 Å². The number of rotatable bonds is 40. The second kappa shape index (κ2) is 49.0. The summed E-state index contributed by atoms with van der Waals surface area (Å²) in [6, 6.07) is 0. The van der Waals surface area contributed by atoms with Gasteiger partial charge in [0.1, 0.15) is 0 Å². The van der Waals surface area contributed by atoms with E-state index in [0.717, 1.165) is 77.0 Å². The molecule has 0 saturated heterocycles. The van der Waals surface area contributed by atoms with Crippen LogP contribution in [0, 0.1) is 0 Å². The van der Waals surface area contributed by atoms with E-state index < -0.39 is 23.9 Å². The van der Waals surface area contributed by atoms with Crippen molar-refractivity contribution in [3.8, 4) is 0 Å². The fraction of sp³-hybridized carbons (Fsp3) is 0.917. The van der Waals surface area contributed by atoms with Gasteiger partial charge in [0.25, 0.3) is 0 Å². The van der Waals surface area contributed by atoms with Gasteiger partial charge in [-0.05, 0) is 25.7 Å². The summed E-state index contributed by atoms with van der Waals surface area (Å²) in [6.45, 7) is 8.92. The summed E-state index contributed by atoms with van der Waals surface area (Å²) < 4.78 is 0. The van der Waals surface area contributed by atoms with E-state index in [4.69, 9.17) is 0 Å². The maximum atomic E-state index is 11.6. The molecule has 332 valence electrons. The molecule has 0 unspecified atom stereocenters. The van der Waals surface area contributed by atoms with Crippen LogP contribution in [0.3, 0.4) is 0 Å². The first-order valence-electron chi connectivity index (χ1n) is 24.2. The number of unbranched alkanes of at least 4 members (excludes halogenated alkanes) is 32. The third-order valence-electron chi connectivity index (χ3n) is 10.4. The van der Waals surface area contributed by atoms with Crippen LogP contribution >= 0.6 is 0 Å². The Morgan fingerprint density at radius 2 is 0.339 bits per heavy atom. The Bertz CT molecular complexity index is 709. The second-order valence-electron chi connectivity index (χ2n) is 16.1. The minimum atomic E-state index is -0.427. The van der Waals surface area contributed by atoms with Crippen molar-refractivity contribution >= 4 is 23.9 Å². The standard InChI is InChI=1S/2C24H46O4/c2*1-3-5-7-9-11-13-15-17-19-21-23(25)27-28-24(26)22-20-18-16-14-12-10-8-6-4-2/h2*3-22H2,1-2H3. The monoisotopic (exact) mass is 797 g/mol. The van der Waals surface area contributed by atoms with Crippen LogP contribution in [0.4, 0.5) is 0 Å². The van der Waals surface area contributed by atoms with Crippen LogP contribution in [-0.4, -0.2) is 23.9 Å². The molecule has 0 rings (SSSR count). The fourth-order valence-corrected chi connectivity index (χ4v) is 6.67. The van der Waals surface area contributed by atoms with Crippen LogP contribution in [-0.2, 0) is 38.7 Å². The Kier molecular flexibility index (Phi) is 49.0. The van der Waals surface area contributed by atoms with Gasteiger partial charge in [-0.2, -0.15) is 0 Å². The zero-order chi connectivity index (χ0) is 41.4. The summed E-state index contributed by atoms with van der Waals surface area (Å²) in [6.07, 6.45) is 44.7. The van der Waals surface area contributed by atoms with E-state index in [0.29, 0.717) is 25.7 Å². The van der Waals surface area contributed by atoms with Crippen LogP contribution in [0.25, 0.3) is 0 Å². The molecule has 0 aliphatic heterocycles. The van der Waals surface area contributed by atoms with Gasteiger partial charge < -0.3 is 0 Å². The van der Waals surface area contributed by atoms with Gasteiger partial charge in [0.15, 0.2) is 0 Å². The van der Waals surface area contributed by atoms with Gasteiger partial charge in [0.05, 0.1) is 25.7 Å². The van der Waals surface area contributed by atoms with Crippen LogP contribution < -0.4 is 0 Å². The van der Waals surface area contributed by atoms with E-state index in [1.807, 2.05) is 0 Å². The lowest BCUT2D eigenvalue weighted by Gasteiger charge is -2.04. The highest BCUT2D eigenvalue weighted by Gasteiger charge is 2.11. The van der Waals surface area contributed by atoms with E-state index in [1.165, 1.54) is 154 Å². The van der Waals surface area contributed by atoms with Gasteiger partial charge in [0, 0.05) is 0 Å². The van der Waals surface area contributed by atoms with Crippen molar-refractivity contribution in [2.45, 2.75) is 285 Å². The van der Waals surface area contributed by atoms with Gasteiger partial charge >= 0.3 is 23.9 Å². The Balaban J connectivity index is 0. The summed E-state index contributed by atoms with van der Waals surface area (Å²) in [5, 5.41) is 0. The molecule has 0 aromatic rings. The molecule has 0 fully saturated rings. The molecule has 56 heavy (non-hydrogen) atoms. The summed E-state index contributed by atoms with van der Waals surface area (Å²) in [7, 11) is 0. The topological polar surface area (TPSA) is 105 Å². The quantitative estimate of drug-likeness (QED) is 0.0343. The lowest BCUT2D eigenvalue weighted by molar-refractivity contribution is -0.259. The predicted octanol–water partition coefficient (Wildman–Crippen LogP) is 15.7. The molecule has 0 radical (unpaired) electrons. The highest BCUT2D eigenvalue weighted by atomic mass is 17.2. The molecule has 0 aromatic carbocycles. The molecule has 8 nitrogen and oxygen atoms in total. The Morgan fingerprint density at radius 1 is 0.214 bits per heavy atom. The SMILES string of the molecule is CCCCCCCCCCCC(=O)OOC(=O)CCCCCCCCCCC.CCCCCCCCCCCC(=O)OOC(=O)CCCCCCCCCCC. The molecule has 0 aliphatic carbocycles. The maximum Gasteiger partial charge on any atom is 0.355 e. The molecule has 0 heterocycles. The number of carbonyl (C=O) groups excluding carboxylic acids is 4. The van der Waals surface area contributed by atoms with Gasteiger partial charge in [-0.25, -0.2) is 38.7 Å². The lowest BCUT2D eigenvalue weighted by atomic mass is 10.1. The van der Waals surface area contributed by atoms with Crippen molar-refractivity contribution in [3.05, 3.63) is 0 Å². The first-order chi connectivity index (χ1) is 27.4. The molecule has 0 aliphatic rings. The molecule has 0 N–H and O–H groups in total. The molecule has 0 aromatic heterocycles. The molecular formula is C48H92O8. The number of hydrogen-bond donors (Lipinski definition) is 0. The van der Waals surface area contributed by atoms with Gasteiger partial charge in [-0.3, -0.25) is 0 Å². The van der Waals surface area contributed by atoms with Crippen molar-refractivity contribution in [2.75, 3.05) is 0 Å². The third-order valence-corrected chi connectivity index (χ3v) is 10.4. The molecule has 0 bridgehead atoms. The van der Waals surface area contributed by atoms with Gasteiger partial charge in [-0.1, -0.05) is 233 Å². The molecular weight excluding hydrogens is 705 g/mol. The van der Waals surface area contributed by atoms with E-state index in [1.54, 1.807) is 0 Å². The van der Waals surface area contributed by atoms with Crippen molar-refractivity contribution in [2.24, 2.45) is 0 Å². The normalized spacial score (nSPS) is 10.8. The first kappa shape index (κ1) is 56.0. The van der Waals surface area contributed by atoms with Crippen LogP contribution in [0.5, 0.6) is 0 Å². The molecule has 0 spiro atoms. The zero-order valence-corrected chi connectivity index (χ0v) is 37.6.